The van der Waals surface area contributed by atoms with Gasteiger partial charge >= 0.3 is 0 Å². The van der Waals surface area contributed by atoms with Gasteiger partial charge in [0.1, 0.15) is 18.1 Å². The number of hydrogen-bond donors (Lipinski definition) is 2. The Labute approximate surface area is 154 Å². The highest BCUT2D eigenvalue weighted by molar-refractivity contribution is 7.14. The van der Waals surface area contributed by atoms with E-state index in [4.69, 9.17) is 10.5 Å². The molecule has 0 radical (unpaired) electrons. The highest BCUT2D eigenvalue weighted by Gasteiger charge is 2.12. The molecule has 0 saturated carbocycles. The number of amides is 2. The van der Waals surface area contributed by atoms with Crippen molar-refractivity contribution >= 4 is 28.3 Å². The number of carbonyl (C=O) groups excluding carboxylic acids is 2. The van der Waals surface area contributed by atoms with Crippen molar-refractivity contribution in [1.82, 2.24) is 4.98 Å². The van der Waals surface area contributed by atoms with Crippen molar-refractivity contribution in [3.8, 4) is 5.75 Å². The summed E-state index contributed by atoms with van der Waals surface area (Å²) in [5, 5.41) is 4.46. The Balaban J connectivity index is 1.65. The van der Waals surface area contributed by atoms with E-state index in [1.165, 1.54) is 5.38 Å². The van der Waals surface area contributed by atoms with Gasteiger partial charge in [-0.2, -0.15) is 0 Å². The Morgan fingerprint density at radius 1 is 1.19 bits per heavy atom. The molecule has 0 aliphatic heterocycles. The smallest absolute Gasteiger partial charge is 0.268 e. The summed E-state index contributed by atoms with van der Waals surface area (Å²) in [4.78, 5) is 27.4. The molecule has 0 atom stereocenters. The Morgan fingerprint density at radius 2 is 2.00 bits per heavy atom. The number of aryl methyl sites for hydroxylation is 1. The van der Waals surface area contributed by atoms with E-state index >= 15 is 0 Å². The number of nitrogens with one attached hydrogen (secondary N) is 1. The summed E-state index contributed by atoms with van der Waals surface area (Å²) in [7, 11) is 0. The molecule has 2 aromatic carbocycles. The molecule has 0 spiro atoms. The Bertz CT molecular complexity index is 952. The Morgan fingerprint density at radius 3 is 2.73 bits per heavy atom. The van der Waals surface area contributed by atoms with E-state index in [0.717, 1.165) is 22.5 Å². The molecule has 0 bridgehead atoms. The summed E-state index contributed by atoms with van der Waals surface area (Å²) in [5.41, 5.74) is 7.94. The molecule has 3 N–H and O–H groups in total. The van der Waals surface area contributed by atoms with Gasteiger partial charge in [0.25, 0.3) is 11.8 Å². The number of aromatic nitrogens is 1. The van der Waals surface area contributed by atoms with Gasteiger partial charge in [0.15, 0.2) is 5.13 Å². The molecule has 0 unspecified atom stereocenters. The molecule has 26 heavy (non-hydrogen) atoms. The number of nitrogens with zero attached hydrogens (tertiary/aromatic N) is 1. The van der Waals surface area contributed by atoms with Crippen molar-refractivity contribution < 1.29 is 14.3 Å². The van der Waals surface area contributed by atoms with Crippen LogP contribution in [0.1, 0.15) is 32.0 Å². The molecule has 7 heteroatoms. The van der Waals surface area contributed by atoms with Crippen LogP contribution < -0.4 is 15.8 Å². The van der Waals surface area contributed by atoms with Crippen LogP contribution in [0.5, 0.6) is 5.75 Å². The zero-order chi connectivity index (χ0) is 18.5. The lowest BCUT2D eigenvalue weighted by Crippen LogP contribution is -2.14. The number of primary amides is 1. The minimum Gasteiger partial charge on any atom is -0.489 e. The van der Waals surface area contributed by atoms with E-state index in [9.17, 15) is 9.59 Å². The van der Waals surface area contributed by atoms with Crippen molar-refractivity contribution in [3.63, 3.8) is 0 Å². The first-order chi connectivity index (χ1) is 12.5. The third-order valence-corrected chi connectivity index (χ3v) is 4.32. The molecule has 2 amide bonds. The van der Waals surface area contributed by atoms with Gasteiger partial charge in [-0.25, -0.2) is 4.98 Å². The fourth-order valence-electron chi connectivity index (χ4n) is 2.31. The lowest BCUT2D eigenvalue weighted by molar-refractivity contribution is 0.0992. The van der Waals surface area contributed by atoms with Gasteiger partial charge in [0.05, 0.1) is 0 Å². The maximum absolute atomic E-state index is 12.3. The van der Waals surface area contributed by atoms with Crippen LogP contribution in [0.3, 0.4) is 0 Å². The van der Waals surface area contributed by atoms with Crippen LogP contribution in [0.25, 0.3) is 0 Å². The molecule has 3 aromatic rings. The summed E-state index contributed by atoms with van der Waals surface area (Å²) in [6.07, 6.45) is 0. The predicted molar refractivity (Wildman–Crippen MR) is 101 cm³/mol. The maximum atomic E-state index is 12.3. The van der Waals surface area contributed by atoms with Crippen molar-refractivity contribution in [1.29, 1.82) is 0 Å². The second-order valence-corrected chi connectivity index (χ2v) is 6.52. The first kappa shape index (κ1) is 17.6. The molecule has 0 aliphatic carbocycles. The number of ether oxygens (including phenoxy) is 1. The largest absolute Gasteiger partial charge is 0.489 e. The molecule has 1 aromatic heterocycles. The minimum absolute atomic E-state index is 0.125. The molecule has 0 saturated heterocycles. The quantitative estimate of drug-likeness (QED) is 0.698. The topological polar surface area (TPSA) is 94.3 Å². The zero-order valence-corrected chi connectivity index (χ0v) is 14.9. The van der Waals surface area contributed by atoms with Crippen LogP contribution in [0.15, 0.2) is 53.9 Å². The van der Waals surface area contributed by atoms with E-state index in [-0.39, 0.29) is 11.6 Å². The number of thiazole rings is 1. The SMILES string of the molecule is Cc1cccc(COc2cccc(C(=O)Nc3nc(C(N)=O)cs3)c2)c1. The minimum atomic E-state index is -0.631. The van der Waals surface area contributed by atoms with Crippen LogP contribution in [-0.2, 0) is 6.61 Å². The van der Waals surface area contributed by atoms with Gasteiger partial charge in [-0.1, -0.05) is 35.9 Å². The average molecular weight is 367 g/mol. The summed E-state index contributed by atoms with van der Waals surface area (Å²) in [5.74, 6) is -0.374. The third-order valence-electron chi connectivity index (χ3n) is 3.56. The number of rotatable bonds is 6. The molecular formula is C19H17N3O3S. The highest BCUT2D eigenvalue weighted by atomic mass is 32.1. The summed E-state index contributed by atoms with van der Waals surface area (Å²) in [6.45, 7) is 2.44. The summed E-state index contributed by atoms with van der Waals surface area (Å²) in [6, 6.07) is 14.9. The average Bonchev–Trinajstić information content (AvgIpc) is 3.09. The van der Waals surface area contributed by atoms with Gasteiger partial charge in [-0.15, -0.1) is 11.3 Å². The monoisotopic (exact) mass is 367 g/mol. The van der Waals surface area contributed by atoms with Crippen LogP contribution in [0.2, 0.25) is 0 Å². The van der Waals surface area contributed by atoms with Crippen molar-refractivity contribution in [2.24, 2.45) is 5.73 Å². The van der Waals surface area contributed by atoms with Crippen LogP contribution >= 0.6 is 11.3 Å². The Hall–Kier alpha value is -3.19. The second kappa shape index (κ2) is 7.79. The standard InChI is InChI=1S/C19H17N3O3S/c1-12-4-2-5-13(8-12)10-25-15-7-3-6-14(9-15)18(24)22-19-21-16(11-26-19)17(20)23/h2-9,11H,10H2,1H3,(H2,20,23)(H,21,22,24). The van der Waals surface area contributed by atoms with Crippen LogP contribution in [-0.4, -0.2) is 16.8 Å². The van der Waals surface area contributed by atoms with E-state index in [0.29, 0.717) is 23.1 Å². The van der Waals surface area contributed by atoms with Crippen molar-refractivity contribution in [3.05, 3.63) is 76.3 Å². The fraction of sp³-hybridized carbons (Fsp3) is 0.105. The number of benzene rings is 2. The zero-order valence-electron chi connectivity index (χ0n) is 14.1. The van der Waals surface area contributed by atoms with Gasteiger partial charge in [0, 0.05) is 10.9 Å². The lowest BCUT2D eigenvalue weighted by Gasteiger charge is -2.08. The molecule has 0 aliphatic rings. The summed E-state index contributed by atoms with van der Waals surface area (Å²) >= 11 is 1.14. The third kappa shape index (κ3) is 4.46. The summed E-state index contributed by atoms with van der Waals surface area (Å²) < 4.78 is 5.77. The first-order valence-electron chi connectivity index (χ1n) is 7.86. The molecule has 3 rings (SSSR count). The van der Waals surface area contributed by atoms with Gasteiger partial charge in [-0.05, 0) is 30.7 Å². The van der Waals surface area contributed by atoms with E-state index in [2.05, 4.69) is 16.4 Å². The van der Waals surface area contributed by atoms with Gasteiger partial charge < -0.3 is 10.5 Å². The van der Waals surface area contributed by atoms with E-state index < -0.39 is 5.91 Å². The predicted octanol–water partition coefficient (Wildman–Crippen LogP) is 3.38. The van der Waals surface area contributed by atoms with Crippen LogP contribution in [0, 0.1) is 6.92 Å². The van der Waals surface area contributed by atoms with Crippen molar-refractivity contribution in [2.45, 2.75) is 13.5 Å². The van der Waals surface area contributed by atoms with Gasteiger partial charge in [0.2, 0.25) is 0 Å². The van der Waals surface area contributed by atoms with Gasteiger partial charge in [-0.3, -0.25) is 14.9 Å². The maximum Gasteiger partial charge on any atom is 0.268 e. The van der Waals surface area contributed by atoms with Crippen molar-refractivity contribution in [2.75, 3.05) is 5.32 Å². The number of anilines is 1. The molecule has 0 fully saturated rings. The molecule has 132 valence electrons. The number of nitrogens with two attached hydrogens (primary N) is 1. The van der Waals surface area contributed by atoms with E-state index in [1.807, 2.05) is 25.1 Å². The fourth-order valence-corrected chi connectivity index (χ4v) is 3.00. The lowest BCUT2D eigenvalue weighted by atomic mass is 10.1. The van der Waals surface area contributed by atoms with Crippen LogP contribution in [0.4, 0.5) is 5.13 Å². The normalized spacial score (nSPS) is 10.3. The second-order valence-electron chi connectivity index (χ2n) is 5.66. The molecule has 6 nitrogen and oxygen atoms in total. The molecule has 1 heterocycles. The first-order valence-corrected chi connectivity index (χ1v) is 8.74. The Kier molecular flexibility index (Phi) is 5.28. The molecular weight excluding hydrogens is 350 g/mol. The number of carbonyl (C=O) groups is 2. The number of hydrogen-bond acceptors (Lipinski definition) is 5. The van der Waals surface area contributed by atoms with E-state index in [1.54, 1.807) is 24.3 Å². The highest BCUT2D eigenvalue weighted by Crippen LogP contribution is 2.19.